The van der Waals surface area contributed by atoms with Crippen molar-refractivity contribution in [1.82, 2.24) is 5.32 Å². The first-order chi connectivity index (χ1) is 14.6. The largest absolute Gasteiger partial charge is 1.00 e. The van der Waals surface area contributed by atoms with Crippen LogP contribution in [-0.4, -0.2) is 54.8 Å². The molecule has 4 nitrogen and oxygen atoms in total. The summed E-state index contributed by atoms with van der Waals surface area (Å²) in [5.41, 5.74) is 0. The van der Waals surface area contributed by atoms with Crippen LogP contribution in [0.5, 0.6) is 0 Å². The van der Waals surface area contributed by atoms with E-state index < -0.39 is 0 Å². The van der Waals surface area contributed by atoms with E-state index in [1.165, 1.54) is 89.9 Å². The average Bonchev–Trinajstić information content (AvgIpc) is 2.75. The number of carbonyl (C=O) groups is 1. The van der Waals surface area contributed by atoms with Gasteiger partial charge >= 0.3 is 0 Å². The summed E-state index contributed by atoms with van der Waals surface area (Å²) in [6.07, 6.45) is 21.0. The molecule has 31 heavy (non-hydrogen) atoms. The molecule has 0 aliphatic rings. The second-order valence-electron chi connectivity index (χ2n) is 9.19. The number of quaternary nitrogens is 1. The molecule has 0 aliphatic heterocycles. The lowest BCUT2D eigenvalue weighted by Gasteiger charge is -2.36. The topological polar surface area (TPSA) is 49.3 Å². The quantitative estimate of drug-likeness (QED) is 0.181. The zero-order valence-corrected chi connectivity index (χ0v) is 22.0. The minimum atomic E-state index is 0. The van der Waals surface area contributed by atoms with Crippen molar-refractivity contribution in [3.8, 4) is 0 Å². The molecule has 0 saturated heterocycles. The van der Waals surface area contributed by atoms with Gasteiger partial charge in [0.1, 0.15) is 6.54 Å². The lowest BCUT2D eigenvalue weighted by atomic mass is 10.0. The van der Waals surface area contributed by atoms with Crippen LogP contribution in [0.2, 0.25) is 0 Å². The van der Waals surface area contributed by atoms with Crippen molar-refractivity contribution in [2.75, 3.05) is 39.3 Å². The van der Waals surface area contributed by atoms with E-state index in [1.807, 2.05) is 0 Å². The van der Waals surface area contributed by atoms with Gasteiger partial charge in [-0.25, -0.2) is 0 Å². The fourth-order valence-electron chi connectivity index (χ4n) is 4.36. The summed E-state index contributed by atoms with van der Waals surface area (Å²) < 4.78 is 0.885. The highest BCUT2D eigenvalue weighted by molar-refractivity contribution is 5.75. The van der Waals surface area contributed by atoms with Crippen LogP contribution in [0.25, 0.3) is 0 Å². The fraction of sp³-hybridized carbons (Fsp3) is 0.962. The van der Waals surface area contributed by atoms with Crippen molar-refractivity contribution in [1.29, 1.82) is 0 Å². The maximum atomic E-state index is 12.0. The number of hydrogen-bond acceptors (Lipinski definition) is 2. The van der Waals surface area contributed by atoms with Gasteiger partial charge in [0.25, 0.3) is 0 Å². The summed E-state index contributed by atoms with van der Waals surface area (Å²) in [6.45, 7) is 11.3. The van der Waals surface area contributed by atoms with Gasteiger partial charge in [0.05, 0.1) is 32.8 Å². The van der Waals surface area contributed by atoms with E-state index in [4.69, 9.17) is 0 Å². The van der Waals surface area contributed by atoms with Gasteiger partial charge in [-0.05, 0) is 20.3 Å². The Balaban J connectivity index is 0. The van der Waals surface area contributed by atoms with Gasteiger partial charge in [0.15, 0.2) is 0 Å². The summed E-state index contributed by atoms with van der Waals surface area (Å²) in [5, 5.41) is 12.4. The molecule has 0 rings (SSSR count). The van der Waals surface area contributed by atoms with E-state index in [9.17, 15) is 9.90 Å². The monoisotopic (exact) mass is 462 g/mol. The summed E-state index contributed by atoms with van der Waals surface area (Å²) >= 11 is 0. The minimum absolute atomic E-state index is 0. The van der Waals surface area contributed by atoms with Gasteiger partial charge in [-0.15, -0.1) is 0 Å². The number of aliphatic hydroxyl groups excluding tert-OH is 1. The highest BCUT2D eigenvalue weighted by Crippen LogP contribution is 2.13. The molecule has 0 bridgehead atoms. The molecule has 0 heterocycles. The molecule has 0 fully saturated rings. The summed E-state index contributed by atoms with van der Waals surface area (Å²) in [4.78, 5) is 12.0. The first kappa shape index (κ1) is 32.9. The Morgan fingerprint density at radius 2 is 1.10 bits per heavy atom. The zero-order valence-electron chi connectivity index (χ0n) is 21.2. The lowest BCUT2D eigenvalue weighted by molar-refractivity contribution is -0.924. The molecular formula is C26H55ClN2O2. The third kappa shape index (κ3) is 20.0. The number of hydrogen-bond donors (Lipinski definition) is 2. The van der Waals surface area contributed by atoms with Crippen molar-refractivity contribution in [2.24, 2.45) is 0 Å². The number of aliphatic hydroxyl groups is 1. The lowest BCUT2D eigenvalue weighted by Crippen LogP contribution is -3.00. The molecule has 0 aliphatic carbocycles. The van der Waals surface area contributed by atoms with Crippen LogP contribution < -0.4 is 17.7 Å². The van der Waals surface area contributed by atoms with Crippen LogP contribution in [0.15, 0.2) is 0 Å². The fourth-order valence-corrected chi connectivity index (χ4v) is 4.36. The Bertz CT molecular complexity index is 376. The molecule has 2 N–H and O–H groups in total. The molecule has 0 radical (unpaired) electrons. The molecule has 1 amide bonds. The van der Waals surface area contributed by atoms with E-state index >= 15 is 0 Å². The Labute approximate surface area is 200 Å². The SMILES string of the molecule is CCCCCCCCCCCCCCCCCC(=O)NCC[N+](CC)(CC)CCO.[Cl-]. The molecule has 0 atom stereocenters. The number of unbranched alkanes of at least 4 members (excludes halogenated alkanes) is 14. The van der Waals surface area contributed by atoms with Crippen LogP contribution >= 0.6 is 0 Å². The number of likely N-dealkylation sites (N-methyl/N-ethyl adjacent to an activating group) is 1. The Morgan fingerprint density at radius 3 is 1.48 bits per heavy atom. The number of halogens is 1. The molecule has 0 spiro atoms. The minimum Gasteiger partial charge on any atom is -1.00 e. The van der Waals surface area contributed by atoms with Crippen molar-refractivity contribution < 1.29 is 26.8 Å². The number of nitrogens with zero attached hydrogens (tertiary/aromatic N) is 1. The second-order valence-corrected chi connectivity index (χ2v) is 9.19. The molecule has 5 heteroatoms. The van der Waals surface area contributed by atoms with Gasteiger partial charge in [-0.3, -0.25) is 4.79 Å². The molecule has 0 aromatic heterocycles. The van der Waals surface area contributed by atoms with Gasteiger partial charge in [0, 0.05) is 6.42 Å². The van der Waals surface area contributed by atoms with Crippen LogP contribution in [0, 0.1) is 0 Å². The molecule has 0 aromatic carbocycles. The maximum absolute atomic E-state index is 12.0. The van der Waals surface area contributed by atoms with Gasteiger partial charge in [-0.2, -0.15) is 0 Å². The molecule has 0 aromatic rings. The predicted octanol–water partition coefficient (Wildman–Crippen LogP) is 3.22. The first-order valence-electron chi connectivity index (χ1n) is 13.4. The van der Waals surface area contributed by atoms with Crippen LogP contribution in [0.4, 0.5) is 0 Å². The smallest absolute Gasteiger partial charge is 0.220 e. The molecule has 0 unspecified atom stereocenters. The standard InChI is InChI=1S/C26H54N2O2.ClH/c1-4-7-8-9-10-11-12-13-14-15-16-17-18-19-20-21-26(30)27-22-23-28(5-2,6-3)24-25-29;/h29H,4-25H2,1-3H3;1H. The van der Waals surface area contributed by atoms with E-state index in [0.717, 1.165) is 43.6 Å². The van der Waals surface area contributed by atoms with Gasteiger partial charge < -0.3 is 27.3 Å². The summed E-state index contributed by atoms with van der Waals surface area (Å²) in [7, 11) is 0. The molecule has 188 valence electrons. The summed E-state index contributed by atoms with van der Waals surface area (Å²) in [5.74, 6) is 0.194. The number of amides is 1. The third-order valence-corrected chi connectivity index (χ3v) is 6.83. The van der Waals surface area contributed by atoms with E-state index in [1.54, 1.807) is 0 Å². The second kappa shape index (κ2) is 24.3. The Morgan fingerprint density at radius 1 is 0.677 bits per heavy atom. The average molecular weight is 463 g/mol. The Hall–Kier alpha value is -0.320. The van der Waals surface area contributed by atoms with Crippen LogP contribution in [-0.2, 0) is 4.79 Å². The summed E-state index contributed by atoms with van der Waals surface area (Å²) in [6, 6.07) is 0. The van der Waals surface area contributed by atoms with Crippen molar-refractivity contribution >= 4 is 5.91 Å². The predicted molar refractivity (Wildman–Crippen MR) is 131 cm³/mol. The number of rotatable bonds is 23. The zero-order chi connectivity index (χ0) is 22.3. The third-order valence-electron chi connectivity index (χ3n) is 6.83. The number of nitrogens with one attached hydrogen (secondary N) is 1. The van der Waals surface area contributed by atoms with E-state index in [2.05, 4.69) is 26.1 Å². The normalized spacial score (nSPS) is 11.4. The Kier molecular flexibility index (Phi) is 25.8. The van der Waals surface area contributed by atoms with Crippen molar-refractivity contribution in [2.45, 2.75) is 124 Å². The highest BCUT2D eigenvalue weighted by Gasteiger charge is 2.22. The highest BCUT2D eigenvalue weighted by atomic mass is 35.5. The van der Waals surface area contributed by atoms with Gasteiger partial charge in [0.2, 0.25) is 5.91 Å². The molecular weight excluding hydrogens is 408 g/mol. The van der Waals surface area contributed by atoms with Gasteiger partial charge in [-0.1, -0.05) is 96.8 Å². The van der Waals surface area contributed by atoms with Crippen molar-refractivity contribution in [3.63, 3.8) is 0 Å². The first-order valence-corrected chi connectivity index (χ1v) is 13.4. The van der Waals surface area contributed by atoms with E-state index in [0.29, 0.717) is 6.42 Å². The maximum Gasteiger partial charge on any atom is 0.220 e. The number of carbonyl (C=O) groups excluding carboxylic acids is 1. The van der Waals surface area contributed by atoms with Crippen LogP contribution in [0.3, 0.4) is 0 Å². The van der Waals surface area contributed by atoms with E-state index in [-0.39, 0.29) is 24.9 Å². The van der Waals surface area contributed by atoms with Crippen LogP contribution in [0.1, 0.15) is 124 Å². The molecule has 0 saturated carbocycles. The van der Waals surface area contributed by atoms with Crippen molar-refractivity contribution in [3.05, 3.63) is 0 Å².